The van der Waals surface area contributed by atoms with Crippen LogP contribution in [0.1, 0.15) is 37.7 Å². The van der Waals surface area contributed by atoms with Gasteiger partial charge < -0.3 is 30.3 Å². The number of carbonyl (C=O) groups is 1. The van der Waals surface area contributed by atoms with Crippen LogP contribution in [-0.4, -0.2) is 72.4 Å². The molecule has 220 valence electrons. The van der Waals surface area contributed by atoms with Crippen molar-refractivity contribution >= 4 is 23.6 Å². The van der Waals surface area contributed by atoms with E-state index in [1.54, 1.807) is 19.1 Å². The van der Waals surface area contributed by atoms with Crippen LogP contribution in [0.2, 0.25) is 0 Å². The van der Waals surface area contributed by atoms with Crippen LogP contribution in [0.25, 0.3) is 16.8 Å². The van der Waals surface area contributed by atoms with Crippen LogP contribution in [0.3, 0.4) is 0 Å². The number of halogens is 2. The van der Waals surface area contributed by atoms with Crippen LogP contribution in [0.4, 0.5) is 20.3 Å². The van der Waals surface area contributed by atoms with E-state index >= 15 is 0 Å². The molecule has 41 heavy (non-hydrogen) atoms. The van der Waals surface area contributed by atoms with Gasteiger partial charge in [0.1, 0.15) is 17.3 Å². The number of aryl methyl sites for hydroxylation is 2. The SMILES string of the molecule is CC(C)(C)n1ncc(NC=O)c1F.Cc1cc(-c2cc(N3CCOCC3)n3nc(C(O)(O)O)nc3c2)c(C)cc1F. The lowest BCUT2D eigenvalue weighted by molar-refractivity contribution is -0.328. The Balaban J connectivity index is 0.000000251. The molecular formula is C27H33F2N7O5. The van der Waals surface area contributed by atoms with Crippen molar-refractivity contribution in [2.45, 2.75) is 46.1 Å². The van der Waals surface area contributed by atoms with E-state index in [2.05, 4.69) is 20.5 Å². The van der Waals surface area contributed by atoms with Gasteiger partial charge in [-0.2, -0.15) is 14.0 Å². The van der Waals surface area contributed by atoms with Gasteiger partial charge in [-0.25, -0.2) is 14.1 Å². The molecule has 14 heteroatoms. The second kappa shape index (κ2) is 11.5. The summed E-state index contributed by atoms with van der Waals surface area (Å²) in [6, 6.07) is 6.86. The molecule has 0 saturated carbocycles. The van der Waals surface area contributed by atoms with Crippen LogP contribution in [0, 0.1) is 25.6 Å². The molecule has 4 N–H and O–H groups in total. The number of carbonyl (C=O) groups excluding carboxylic acids is 1. The van der Waals surface area contributed by atoms with Crippen molar-refractivity contribution in [1.82, 2.24) is 24.4 Å². The molecular weight excluding hydrogens is 540 g/mol. The largest absolute Gasteiger partial charge is 0.378 e. The Labute approximate surface area is 234 Å². The molecule has 5 rings (SSSR count). The van der Waals surface area contributed by atoms with Gasteiger partial charge in [-0.05, 0) is 81.1 Å². The Morgan fingerprint density at radius 1 is 1.02 bits per heavy atom. The predicted molar refractivity (Wildman–Crippen MR) is 146 cm³/mol. The minimum Gasteiger partial charge on any atom is -0.378 e. The van der Waals surface area contributed by atoms with Crippen LogP contribution in [-0.2, 0) is 21.0 Å². The highest BCUT2D eigenvalue weighted by Gasteiger charge is 2.29. The van der Waals surface area contributed by atoms with Crippen LogP contribution < -0.4 is 10.2 Å². The summed E-state index contributed by atoms with van der Waals surface area (Å²) in [5.41, 5.74) is 2.92. The molecule has 0 aliphatic carbocycles. The number of anilines is 2. The van der Waals surface area contributed by atoms with Gasteiger partial charge in [0.05, 0.1) is 24.9 Å². The average Bonchev–Trinajstić information content (AvgIpc) is 3.51. The second-order valence-electron chi connectivity index (χ2n) is 10.7. The molecule has 0 atom stereocenters. The second-order valence-corrected chi connectivity index (χ2v) is 10.7. The summed E-state index contributed by atoms with van der Waals surface area (Å²) in [6.07, 6.45) is 1.71. The molecule has 0 radical (unpaired) electrons. The Hall–Kier alpha value is -3.98. The summed E-state index contributed by atoms with van der Waals surface area (Å²) >= 11 is 0. The monoisotopic (exact) mass is 573 g/mol. The number of aromatic nitrogens is 5. The van der Waals surface area contributed by atoms with E-state index in [0.29, 0.717) is 49.7 Å². The molecule has 1 aromatic carbocycles. The maximum Gasteiger partial charge on any atom is 0.342 e. The Kier molecular flexibility index (Phi) is 8.40. The molecule has 1 fully saturated rings. The topological polar surface area (TPSA) is 150 Å². The molecule has 0 bridgehead atoms. The van der Waals surface area contributed by atoms with Crippen molar-refractivity contribution in [3.8, 4) is 11.1 Å². The minimum absolute atomic E-state index is 0.102. The van der Waals surface area contributed by atoms with Crippen molar-refractivity contribution < 1.29 is 33.6 Å². The van der Waals surface area contributed by atoms with E-state index < -0.39 is 23.3 Å². The van der Waals surface area contributed by atoms with E-state index in [4.69, 9.17) is 4.74 Å². The summed E-state index contributed by atoms with van der Waals surface area (Å²) in [6.45, 7) is 11.3. The number of ether oxygens (including phenoxy) is 1. The van der Waals surface area contributed by atoms with E-state index in [1.165, 1.54) is 21.5 Å². The number of amides is 1. The quantitative estimate of drug-likeness (QED) is 0.209. The number of hydrogen-bond donors (Lipinski definition) is 4. The normalized spacial score (nSPS) is 14.1. The highest BCUT2D eigenvalue weighted by atomic mass is 19.1. The number of morpholine rings is 1. The molecule has 12 nitrogen and oxygen atoms in total. The predicted octanol–water partition coefficient (Wildman–Crippen LogP) is 2.42. The van der Waals surface area contributed by atoms with Crippen LogP contribution >= 0.6 is 0 Å². The van der Waals surface area contributed by atoms with Crippen LogP contribution in [0.15, 0.2) is 30.5 Å². The maximum absolute atomic E-state index is 13.9. The van der Waals surface area contributed by atoms with Gasteiger partial charge in [0.25, 0.3) is 0 Å². The zero-order chi connectivity index (χ0) is 30.1. The Morgan fingerprint density at radius 3 is 2.29 bits per heavy atom. The van der Waals surface area contributed by atoms with Gasteiger partial charge in [0.2, 0.25) is 18.2 Å². The standard InChI is InChI=1S/C19H21FN4O4.C8H12FN3O/c1-11-8-15(20)12(2)7-14(11)13-9-16-21-18(19(25,26)27)22-24(16)17(10-13)23-3-5-28-6-4-23;1-8(2,3)12-7(9)6(4-11-12)10-5-13/h7-10,25-27H,3-6H2,1-2H3;4-5H,1-3H3,(H,10,13). The fourth-order valence-electron chi connectivity index (χ4n) is 4.34. The van der Waals surface area contributed by atoms with E-state index in [-0.39, 0.29) is 11.5 Å². The van der Waals surface area contributed by atoms with Crippen molar-refractivity contribution in [2.75, 3.05) is 36.5 Å². The number of benzene rings is 1. The van der Waals surface area contributed by atoms with Crippen molar-refractivity contribution in [3.63, 3.8) is 0 Å². The van der Waals surface area contributed by atoms with Crippen molar-refractivity contribution in [1.29, 1.82) is 0 Å². The highest BCUT2D eigenvalue weighted by Crippen LogP contribution is 2.31. The maximum atomic E-state index is 13.9. The first-order valence-electron chi connectivity index (χ1n) is 12.8. The third-order valence-electron chi connectivity index (χ3n) is 6.43. The first kappa shape index (κ1) is 30.0. The van der Waals surface area contributed by atoms with Crippen molar-refractivity contribution in [3.05, 3.63) is 59.2 Å². The first-order valence-corrected chi connectivity index (χ1v) is 12.8. The van der Waals surface area contributed by atoms with Gasteiger partial charge in [-0.15, -0.1) is 5.10 Å². The molecule has 1 aliphatic heterocycles. The van der Waals surface area contributed by atoms with Gasteiger partial charge in [-0.1, -0.05) is 0 Å². The van der Waals surface area contributed by atoms with Crippen molar-refractivity contribution in [2.24, 2.45) is 0 Å². The van der Waals surface area contributed by atoms with E-state index in [0.717, 1.165) is 16.7 Å². The Bertz CT molecular complexity index is 1550. The first-order chi connectivity index (χ1) is 19.2. The molecule has 1 amide bonds. The Morgan fingerprint density at radius 2 is 1.71 bits per heavy atom. The summed E-state index contributed by atoms with van der Waals surface area (Å²) in [7, 11) is 0. The zero-order valence-electron chi connectivity index (χ0n) is 23.4. The number of nitrogens with one attached hydrogen (secondary N) is 1. The van der Waals surface area contributed by atoms with E-state index in [1.807, 2.05) is 38.7 Å². The number of nitrogens with zero attached hydrogens (tertiary/aromatic N) is 6. The molecule has 4 heterocycles. The molecule has 1 aliphatic rings. The van der Waals surface area contributed by atoms with Gasteiger partial charge in [0, 0.05) is 13.1 Å². The van der Waals surface area contributed by atoms with Gasteiger partial charge >= 0.3 is 5.97 Å². The number of fused-ring (bicyclic) bond motifs is 1. The number of rotatable bonds is 5. The molecule has 3 aromatic heterocycles. The molecule has 0 unspecified atom stereocenters. The summed E-state index contributed by atoms with van der Waals surface area (Å²) < 4.78 is 35.4. The molecule has 0 spiro atoms. The lowest BCUT2D eigenvalue weighted by Gasteiger charge is -2.29. The number of hydrogen-bond acceptors (Lipinski definition) is 9. The van der Waals surface area contributed by atoms with Gasteiger partial charge in [-0.3, -0.25) is 4.79 Å². The highest BCUT2D eigenvalue weighted by molar-refractivity contribution is 5.75. The molecule has 4 aromatic rings. The molecule has 1 saturated heterocycles. The fraction of sp³-hybridized carbons (Fsp3) is 0.407. The summed E-state index contributed by atoms with van der Waals surface area (Å²) in [5, 5.41) is 38.6. The van der Waals surface area contributed by atoms with Gasteiger partial charge in [0.15, 0.2) is 5.65 Å². The zero-order valence-corrected chi connectivity index (χ0v) is 23.4. The third kappa shape index (κ3) is 6.51. The minimum atomic E-state index is -3.14. The summed E-state index contributed by atoms with van der Waals surface area (Å²) in [4.78, 5) is 16.2. The summed E-state index contributed by atoms with van der Waals surface area (Å²) in [5.74, 6) is -3.80. The smallest absolute Gasteiger partial charge is 0.342 e. The lowest BCUT2D eigenvalue weighted by atomic mass is 9.98. The lowest BCUT2D eigenvalue weighted by Crippen LogP contribution is -2.37. The number of aliphatic hydroxyl groups is 3. The van der Waals surface area contributed by atoms with Crippen LogP contribution in [0.5, 0.6) is 0 Å². The number of pyridine rings is 1. The van der Waals surface area contributed by atoms with E-state index in [9.17, 15) is 28.9 Å². The fourth-order valence-corrected chi connectivity index (χ4v) is 4.34. The third-order valence-corrected chi connectivity index (χ3v) is 6.43. The average molecular weight is 574 g/mol.